The van der Waals surface area contributed by atoms with Crippen LogP contribution in [0, 0.1) is 6.92 Å². The van der Waals surface area contributed by atoms with E-state index in [1.54, 1.807) is 0 Å². The summed E-state index contributed by atoms with van der Waals surface area (Å²) in [6, 6.07) is 0. The van der Waals surface area contributed by atoms with E-state index < -0.39 is 0 Å². The molecule has 1 radical (unpaired) electrons. The predicted octanol–water partition coefficient (Wildman–Crippen LogP) is 1.93. The van der Waals surface area contributed by atoms with Crippen LogP contribution in [-0.4, -0.2) is 17.4 Å². The van der Waals surface area contributed by atoms with Gasteiger partial charge in [-0.05, 0) is 13.3 Å². The van der Waals surface area contributed by atoms with Crippen LogP contribution in [0.25, 0.3) is 0 Å². The summed E-state index contributed by atoms with van der Waals surface area (Å²) in [4.78, 5) is 11.0. The maximum atomic E-state index is 10.7. The van der Waals surface area contributed by atoms with Crippen molar-refractivity contribution in [3.63, 3.8) is 0 Å². The van der Waals surface area contributed by atoms with E-state index in [9.17, 15) is 4.79 Å². The average Bonchev–Trinajstić information content (AvgIpc) is 1.85. The summed E-state index contributed by atoms with van der Waals surface area (Å²) in [6.45, 7) is 5.63. The minimum Gasteiger partial charge on any atom is -0.466 e. The van der Waals surface area contributed by atoms with Crippen LogP contribution in [0.1, 0.15) is 19.8 Å². The summed E-state index contributed by atoms with van der Waals surface area (Å²) in [5.41, 5.74) is 0. The second-order valence-electron chi connectivity index (χ2n) is 2.04. The van der Waals surface area contributed by atoms with Crippen molar-refractivity contribution in [1.82, 2.24) is 0 Å². The highest BCUT2D eigenvalue weighted by atomic mass is 79.9. The van der Waals surface area contributed by atoms with Gasteiger partial charge in [0.1, 0.15) is 0 Å². The second-order valence-corrected chi connectivity index (χ2v) is 3.60. The monoisotopic (exact) mass is 207 g/mol. The number of halogens is 1. The lowest BCUT2D eigenvalue weighted by Gasteiger charge is -2.01. The third-order valence-electron chi connectivity index (χ3n) is 1.01. The third kappa shape index (κ3) is 6.08. The first-order valence-corrected chi connectivity index (χ1v) is 4.17. The normalized spacial score (nSPS) is 12.7. The smallest absolute Gasteiger partial charge is 0.305 e. The molecular weight excluding hydrogens is 196 g/mol. The number of hydrogen-bond donors (Lipinski definition) is 0. The average molecular weight is 208 g/mol. The van der Waals surface area contributed by atoms with Gasteiger partial charge in [0, 0.05) is 11.2 Å². The fourth-order valence-corrected chi connectivity index (χ4v) is 0.732. The molecule has 0 saturated carbocycles. The van der Waals surface area contributed by atoms with Crippen LogP contribution in [0.2, 0.25) is 0 Å². The Labute approximate surface area is 70.1 Å². The Morgan fingerprint density at radius 1 is 1.80 bits per heavy atom. The van der Waals surface area contributed by atoms with Gasteiger partial charge in [-0.25, -0.2) is 0 Å². The van der Waals surface area contributed by atoms with Crippen molar-refractivity contribution in [1.29, 1.82) is 0 Å². The molecule has 0 saturated heterocycles. The first kappa shape index (κ1) is 9.95. The molecule has 0 aliphatic carbocycles. The molecule has 0 spiro atoms. The van der Waals surface area contributed by atoms with E-state index in [2.05, 4.69) is 27.6 Å². The molecule has 0 aliphatic rings. The lowest BCUT2D eigenvalue weighted by molar-refractivity contribution is -0.142. The largest absolute Gasteiger partial charge is 0.466 e. The van der Waals surface area contributed by atoms with Gasteiger partial charge in [0.2, 0.25) is 0 Å². The maximum Gasteiger partial charge on any atom is 0.305 e. The molecule has 1 atom stereocenters. The number of rotatable bonds is 4. The fraction of sp³-hybridized carbons (Fsp3) is 0.714. The standard InChI is InChI=1S/C7H12BrO2/c1-3-10-7(9)5-4-6(2)8/h6H,1,3-5H2,2H3. The van der Waals surface area contributed by atoms with Crippen molar-refractivity contribution in [2.75, 3.05) is 6.61 Å². The Morgan fingerprint density at radius 2 is 2.40 bits per heavy atom. The van der Waals surface area contributed by atoms with Crippen LogP contribution in [0.3, 0.4) is 0 Å². The van der Waals surface area contributed by atoms with E-state index in [0.717, 1.165) is 6.42 Å². The van der Waals surface area contributed by atoms with Gasteiger partial charge in [-0.15, -0.1) is 0 Å². The van der Waals surface area contributed by atoms with Crippen molar-refractivity contribution in [3.05, 3.63) is 6.92 Å². The lowest BCUT2D eigenvalue weighted by Crippen LogP contribution is -2.05. The van der Waals surface area contributed by atoms with Crippen molar-refractivity contribution in [2.45, 2.75) is 24.6 Å². The Morgan fingerprint density at radius 3 is 2.80 bits per heavy atom. The molecule has 0 bridgehead atoms. The highest BCUT2D eigenvalue weighted by molar-refractivity contribution is 9.09. The highest BCUT2D eigenvalue weighted by Crippen LogP contribution is 2.06. The SMILES string of the molecule is [CH2]COC(=O)CCC(C)Br. The summed E-state index contributed by atoms with van der Waals surface area (Å²) < 4.78 is 4.62. The Balaban J connectivity index is 3.22. The van der Waals surface area contributed by atoms with E-state index in [-0.39, 0.29) is 12.6 Å². The molecule has 0 fully saturated rings. The van der Waals surface area contributed by atoms with Gasteiger partial charge in [-0.2, -0.15) is 0 Å². The maximum absolute atomic E-state index is 10.7. The minimum absolute atomic E-state index is 0.165. The van der Waals surface area contributed by atoms with Crippen molar-refractivity contribution in [3.8, 4) is 0 Å². The van der Waals surface area contributed by atoms with E-state index in [1.165, 1.54) is 0 Å². The molecule has 59 valence electrons. The minimum atomic E-state index is -0.165. The van der Waals surface area contributed by atoms with Gasteiger partial charge in [-0.1, -0.05) is 22.9 Å². The molecule has 2 nitrogen and oxygen atoms in total. The summed E-state index contributed by atoms with van der Waals surface area (Å²) in [6.07, 6.45) is 1.29. The Hall–Kier alpha value is -0.0500. The van der Waals surface area contributed by atoms with Crippen LogP contribution < -0.4 is 0 Å². The number of carbonyl (C=O) groups is 1. The highest BCUT2D eigenvalue weighted by Gasteiger charge is 2.03. The zero-order chi connectivity index (χ0) is 7.98. The zero-order valence-electron chi connectivity index (χ0n) is 6.10. The van der Waals surface area contributed by atoms with Gasteiger partial charge in [-0.3, -0.25) is 4.79 Å². The Bertz CT molecular complexity index is 102. The number of esters is 1. The lowest BCUT2D eigenvalue weighted by atomic mass is 10.2. The number of carbonyl (C=O) groups excluding carboxylic acids is 1. The fourth-order valence-electron chi connectivity index (χ4n) is 0.503. The molecule has 0 aromatic rings. The predicted molar refractivity (Wildman–Crippen MR) is 43.9 cm³/mol. The van der Waals surface area contributed by atoms with Gasteiger partial charge < -0.3 is 4.74 Å². The molecule has 3 heteroatoms. The second kappa shape index (κ2) is 5.71. The van der Waals surface area contributed by atoms with E-state index in [4.69, 9.17) is 0 Å². The molecule has 0 heterocycles. The quantitative estimate of drug-likeness (QED) is 0.521. The van der Waals surface area contributed by atoms with E-state index in [1.807, 2.05) is 6.92 Å². The molecule has 1 unspecified atom stereocenters. The van der Waals surface area contributed by atoms with Crippen LogP contribution >= 0.6 is 15.9 Å². The van der Waals surface area contributed by atoms with Gasteiger partial charge >= 0.3 is 5.97 Å². The summed E-state index contributed by atoms with van der Waals surface area (Å²) in [7, 11) is 0. The first-order chi connectivity index (χ1) is 4.66. The van der Waals surface area contributed by atoms with Crippen LogP contribution in [0.5, 0.6) is 0 Å². The van der Waals surface area contributed by atoms with E-state index in [0.29, 0.717) is 11.2 Å². The zero-order valence-corrected chi connectivity index (χ0v) is 7.69. The van der Waals surface area contributed by atoms with E-state index >= 15 is 0 Å². The molecule has 10 heavy (non-hydrogen) atoms. The summed E-state index contributed by atoms with van der Waals surface area (Å²) in [5.74, 6) is -0.165. The molecule has 0 N–H and O–H groups in total. The van der Waals surface area contributed by atoms with Crippen LogP contribution in [0.15, 0.2) is 0 Å². The third-order valence-corrected chi connectivity index (χ3v) is 1.47. The van der Waals surface area contributed by atoms with Gasteiger partial charge in [0.25, 0.3) is 0 Å². The van der Waals surface area contributed by atoms with Crippen molar-refractivity contribution in [2.24, 2.45) is 0 Å². The Kier molecular flexibility index (Phi) is 5.69. The number of ether oxygens (including phenoxy) is 1. The molecule has 0 rings (SSSR count). The first-order valence-electron chi connectivity index (χ1n) is 3.25. The van der Waals surface area contributed by atoms with Crippen LogP contribution in [0.4, 0.5) is 0 Å². The van der Waals surface area contributed by atoms with Crippen LogP contribution in [-0.2, 0) is 9.53 Å². The number of alkyl halides is 1. The van der Waals surface area contributed by atoms with Gasteiger partial charge in [0.05, 0.1) is 6.61 Å². The molecule has 0 aliphatic heterocycles. The molecule has 0 aromatic heterocycles. The number of hydrogen-bond acceptors (Lipinski definition) is 2. The summed E-state index contributed by atoms with van der Waals surface area (Å²) in [5, 5.41) is 0. The van der Waals surface area contributed by atoms with Crippen molar-refractivity contribution < 1.29 is 9.53 Å². The van der Waals surface area contributed by atoms with Crippen molar-refractivity contribution >= 4 is 21.9 Å². The summed E-state index contributed by atoms with van der Waals surface area (Å²) >= 11 is 3.33. The topological polar surface area (TPSA) is 26.3 Å². The van der Waals surface area contributed by atoms with Gasteiger partial charge in [0.15, 0.2) is 0 Å². The molecule has 0 amide bonds. The molecular formula is C7H12BrO2. The molecule has 0 aromatic carbocycles.